The van der Waals surface area contributed by atoms with Crippen molar-refractivity contribution in [1.82, 2.24) is 0 Å². The number of rotatable bonds is 2. The molecule has 0 atom stereocenters. The van der Waals surface area contributed by atoms with E-state index in [1.54, 1.807) is 35.3 Å². The van der Waals surface area contributed by atoms with Crippen molar-refractivity contribution in [2.75, 3.05) is 24.6 Å². The fourth-order valence-electron chi connectivity index (χ4n) is 2.50. The minimum absolute atomic E-state index is 0.473. The zero-order valence-corrected chi connectivity index (χ0v) is 12.3. The van der Waals surface area contributed by atoms with Gasteiger partial charge in [-0.2, -0.15) is 0 Å². The molecule has 0 radical (unpaired) electrons. The Labute approximate surface area is 125 Å². The van der Waals surface area contributed by atoms with Crippen molar-refractivity contribution in [3.8, 4) is 0 Å². The summed E-state index contributed by atoms with van der Waals surface area (Å²) in [7, 11) is -0.251. The highest BCUT2D eigenvalue weighted by atomic mass is 31.2. The summed E-state index contributed by atoms with van der Waals surface area (Å²) in [6.07, 6.45) is 6.46. The first-order chi connectivity index (χ1) is 9.62. The molecular formula is C16H24B2P2. The lowest BCUT2D eigenvalue weighted by molar-refractivity contribution is 1.34. The molecule has 0 spiro atoms. The Morgan fingerprint density at radius 2 is 0.850 bits per heavy atom. The third-order valence-electron chi connectivity index (χ3n) is 3.52. The fraction of sp³-hybridized carbons (Fsp3) is 0.250. The molecule has 104 valence electrons. The van der Waals surface area contributed by atoms with E-state index in [4.69, 9.17) is 0 Å². The quantitative estimate of drug-likeness (QED) is 0.578. The minimum Gasteiger partial charge on any atom is -0.118 e. The summed E-state index contributed by atoms with van der Waals surface area (Å²) in [5.41, 5.74) is 0. The largest absolute Gasteiger partial charge is 0.132 e. The van der Waals surface area contributed by atoms with Gasteiger partial charge in [-0.1, -0.05) is 36.4 Å². The molecule has 2 aromatic rings. The maximum atomic E-state index is 2.44. The van der Waals surface area contributed by atoms with Crippen LogP contribution in [0.4, 0.5) is 0 Å². The highest BCUT2D eigenvalue weighted by Crippen LogP contribution is 2.66. The topological polar surface area (TPSA) is 0 Å². The lowest BCUT2D eigenvalue weighted by Gasteiger charge is -2.42. The van der Waals surface area contributed by atoms with Gasteiger partial charge < -0.3 is 0 Å². The lowest BCUT2D eigenvalue weighted by Crippen LogP contribution is -2.32. The molecule has 1 fully saturated rings. The molecule has 0 aromatic heterocycles. The van der Waals surface area contributed by atoms with E-state index < -0.39 is 14.3 Å². The van der Waals surface area contributed by atoms with Crippen LogP contribution in [0, 0.1) is 0 Å². The Bertz CT molecular complexity index is 510. The second-order valence-corrected chi connectivity index (χ2v) is 9.63. The Kier molecular flexibility index (Phi) is 4.07. The first-order valence-electron chi connectivity index (χ1n) is 6.53. The van der Waals surface area contributed by atoms with Gasteiger partial charge >= 0.3 is 0 Å². The maximum Gasteiger partial charge on any atom is 0.132 e. The molecule has 0 unspecified atom stereocenters. The van der Waals surface area contributed by atoms with Crippen LogP contribution in [0.25, 0.3) is 0 Å². The Morgan fingerprint density at radius 1 is 0.550 bits per heavy atom. The van der Waals surface area contributed by atoms with E-state index in [2.05, 4.69) is 60.7 Å². The van der Waals surface area contributed by atoms with Gasteiger partial charge in [0.1, 0.15) is 15.1 Å². The Balaban J connectivity index is 1.80. The summed E-state index contributed by atoms with van der Waals surface area (Å²) in [5.74, 6) is 0. The fourth-order valence-corrected chi connectivity index (χ4v) is 9.03. The van der Waals surface area contributed by atoms with Crippen LogP contribution < -0.4 is 10.6 Å². The Morgan fingerprint density at radius 3 is 1.15 bits per heavy atom. The average Bonchev–Trinajstić information content (AvgIpc) is 2.52. The van der Waals surface area contributed by atoms with E-state index in [9.17, 15) is 0 Å². The van der Waals surface area contributed by atoms with Crippen LogP contribution in [-0.4, -0.2) is 39.8 Å². The summed E-state index contributed by atoms with van der Waals surface area (Å²) in [5, 5.41) is 3.55. The summed E-state index contributed by atoms with van der Waals surface area (Å²) in [6.45, 7) is 0. The summed E-state index contributed by atoms with van der Waals surface area (Å²) in [6, 6.07) is 23.2. The van der Waals surface area contributed by atoms with Gasteiger partial charge in [-0.15, -0.1) is 14.3 Å². The van der Waals surface area contributed by atoms with Crippen LogP contribution >= 0.6 is 14.3 Å². The van der Waals surface area contributed by atoms with Crippen molar-refractivity contribution in [3.63, 3.8) is 0 Å². The predicted octanol–water partition coefficient (Wildman–Crippen LogP) is 1.25. The normalized spacial score (nSPS) is 30.1. The molecule has 1 aliphatic heterocycles. The van der Waals surface area contributed by atoms with Gasteiger partial charge in [0.2, 0.25) is 0 Å². The van der Waals surface area contributed by atoms with Gasteiger partial charge in [0, 0.05) is 10.6 Å². The molecule has 0 saturated carbocycles. The van der Waals surface area contributed by atoms with Crippen molar-refractivity contribution < 1.29 is 0 Å². The molecule has 3 rings (SSSR count). The molecule has 0 aliphatic carbocycles. The third-order valence-corrected chi connectivity index (χ3v) is 9.34. The van der Waals surface area contributed by atoms with Gasteiger partial charge in [-0.25, -0.2) is 0 Å². The second-order valence-electron chi connectivity index (χ2n) is 4.65. The van der Waals surface area contributed by atoms with Crippen LogP contribution in [0.2, 0.25) is 0 Å². The summed E-state index contributed by atoms with van der Waals surface area (Å²) < 4.78 is 0. The molecule has 2 aromatic carbocycles. The van der Waals surface area contributed by atoms with Crippen molar-refractivity contribution in [3.05, 3.63) is 60.7 Å². The van der Waals surface area contributed by atoms with Gasteiger partial charge in [0.15, 0.2) is 0 Å². The first kappa shape index (κ1) is 14.4. The summed E-state index contributed by atoms with van der Waals surface area (Å²) >= 11 is 0. The smallest absolute Gasteiger partial charge is 0.118 e. The average molecular weight is 300 g/mol. The number of benzene rings is 2. The zero-order valence-electron chi connectivity index (χ0n) is 10.5. The predicted molar refractivity (Wildman–Crippen MR) is 105 cm³/mol. The van der Waals surface area contributed by atoms with E-state index in [1.165, 1.54) is 0 Å². The van der Waals surface area contributed by atoms with Crippen molar-refractivity contribution in [2.24, 2.45) is 0 Å². The third kappa shape index (κ3) is 2.74. The molecule has 0 amide bonds. The molecule has 0 bridgehead atoms. The Hall–Kier alpha value is -0.570. The van der Waals surface area contributed by atoms with E-state index in [0.29, 0.717) is 15.1 Å². The van der Waals surface area contributed by atoms with E-state index >= 15 is 0 Å². The number of hydrogen-bond acceptors (Lipinski definition) is 0. The molecule has 20 heavy (non-hydrogen) atoms. The van der Waals surface area contributed by atoms with Gasteiger partial charge in [-0.3, -0.25) is 0 Å². The van der Waals surface area contributed by atoms with Gasteiger partial charge in [0.25, 0.3) is 0 Å². The van der Waals surface area contributed by atoms with Crippen molar-refractivity contribution in [1.29, 1.82) is 0 Å². The van der Waals surface area contributed by atoms with Crippen molar-refractivity contribution >= 4 is 40.0 Å². The second kappa shape index (κ2) is 5.67. The SMILES string of the molecule is [BH3-][P+]1(c2ccccc2)CC[P+]([BH3-])(c2ccccc2)CC1. The lowest BCUT2D eigenvalue weighted by atomic mass is 10.4. The molecule has 1 aliphatic rings. The number of hydrogen-bond donors (Lipinski definition) is 0. The van der Waals surface area contributed by atoms with Crippen LogP contribution in [0.1, 0.15) is 0 Å². The maximum absolute atomic E-state index is 2.44. The molecule has 0 N–H and O–H groups in total. The standard InChI is InChI=1S/C16H24B2P2/c17-19(15-7-3-1-4-8-15)11-13-20(18,14-12-19)16-9-5-2-6-10-16/h1-10H,11-14H2,17-18H3. The van der Waals surface area contributed by atoms with Crippen LogP contribution in [0.5, 0.6) is 0 Å². The molecule has 1 saturated heterocycles. The first-order valence-corrected chi connectivity index (χ1v) is 9.96. The monoisotopic (exact) mass is 300 g/mol. The molecular weight excluding hydrogens is 276 g/mol. The van der Waals surface area contributed by atoms with E-state index in [1.807, 2.05) is 0 Å². The molecule has 4 heteroatoms. The van der Waals surface area contributed by atoms with E-state index in [-0.39, 0.29) is 0 Å². The highest BCUT2D eigenvalue weighted by molar-refractivity contribution is 8.08. The van der Waals surface area contributed by atoms with Crippen LogP contribution in [0.15, 0.2) is 60.7 Å². The highest BCUT2D eigenvalue weighted by Gasteiger charge is 2.41. The van der Waals surface area contributed by atoms with Crippen LogP contribution in [0.3, 0.4) is 0 Å². The summed E-state index contributed by atoms with van der Waals surface area (Å²) in [4.78, 5) is 0. The van der Waals surface area contributed by atoms with Gasteiger partial charge in [0.05, 0.1) is 24.6 Å². The van der Waals surface area contributed by atoms with Gasteiger partial charge in [-0.05, 0) is 24.3 Å². The van der Waals surface area contributed by atoms with Crippen molar-refractivity contribution in [2.45, 2.75) is 0 Å². The zero-order chi connectivity index (χ0) is 14.1. The van der Waals surface area contributed by atoms with E-state index in [0.717, 1.165) is 0 Å². The van der Waals surface area contributed by atoms with Crippen LogP contribution in [-0.2, 0) is 0 Å². The minimum atomic E-state index is -0.598. The molecule has 1 heterocycles. The molecule has 0 nitrogen and oxygen atoms in total.